The van der Waals surface area contributed by atoms with E-state index in [1.807, 2.05) is 4.90 Å². The molecule has 2 amide bonds. The zero-order valence-corrected chi connectivity index (χ0v) is 12.5. The van der Waals surface area contributed by atoms with Crippen molar-refractivity contribution in [1.82, 2.24) is 9.80 Å². The van der Waals surface area contributed by atoms with Gasteiger partial charge in [0.1, 0.15) is 6.04 Å². The van der Waals surface area contributed by atoms with Gasteiger partial charge in [-0.3, -0.25) is 0 Å². The summed E-state index contributed by atoms with van der Waals surface area (Å²) in [6, 6.07) is -0.322. The van der Waals surface area contributed by atoms with Crippen LogP contribution in [-0.4, -0.2) is 63.6 Å². The van der Waals surface area contributed by atoms with Gasteiger partial charge < -0.3 is 14.9 Å². The lowest BCUT2D eigenvalue weighted by molar-refractivity contribution is -0.141. The van der Waals surface area contributed by atoms with Gasteiger partial charge in [-0.05, 0) is 31.6 Å². The largest absolute Gasteiger partial charge is 0.480 e. The highest BCUT2D eigenvalue weighted by molar-refractivity contribution is 7.99. The number of fused-ring (bicyclic) bond motifs is 1. The van der Waals surface area contributed by atoms with Crippen LogP contribution in [0.5, 0.6) is 0 Å². The Morgan fingerprint density at radius 2 is 1.85 bits per heavy atom. The van der Waals surface area contributed by atoms with Gasteiger partial charge in [0.15, 0.2) is 0 Å². The summed E-state index contributed by atoms with van der Waals surface area (Å²) in [7, 11) is 0. The van der Waals surface area contributed by atoms with Gasteiger partial charge in [0, 0.05) is 30.6 Å². The molecule has 2 saturated heterocycles. The fraction of sp³-hybridized carbons (Fsp3) is 0.857. The second-order valence-corrected chi connectivity index (χ2v) is 7.15. The number of hydrogen-bond acceptors (Lipinski definition) is 3. The first kappa shape index (κ1) is 14.0. The van der Waals surface area contributed by atoms with Crippen molar-refractivity contribution in [3.05, 3.63) is 0 Å². The molecule has 0 aromatic rings. The number of rotatable bonds is 1. The van der Waals surface area contributed by atoms with Crippen molar-refractivity contribution >= 4 is 23.8 Å². The van der Waals surface area contributed by atoms with Crippen LogP contribution < -0.4 is 0 Å². The third-order valence-corrected chi connectivity index (χ3v) is 5.92. The van der Waals surface area contributed by atoms with Gasteiger partial charge in [-0.2, -0.15) is 11.8 Å². The van der Waals surface area contributed by atoms with E-state index in [0.29, 0.717) is 24.3 Å². The second kappa shape index (κ2) is 5.84. The number of likely N-dealkylation sites (tertiary alicyclic amines) is 1. The van der Waals surface area contributed by atoms with Crippen molar-refractivity contribution in [2.45, 2.75) is 44.2 Å². The summed E-state index contributed by atoms with van der Waals surface area (Å²) in [5.41, 5.74) is 0. The van der Waals surface area contributed by atoms with Crippen LogP contribution in [0.25, 0.3) is 0 Å². The van der Waals surface area contributed by atoms with Crippen molar-refractivity contribution in [2.75, 3.05) is 24.6 Å². The number of nitrogens with zero attached hydrogens (tertiary/aromatic N) is 2. The Kier molecular flexibility index (Phi) is 4.10. The number of carbonyl (C=O) groups excluding carboxylic acids is 1. The van der Waals surface area contributed by atoms with Gasteiger partial charge in [-0.15, -0.1) is 0 Å². The second-order valence-electron chi connectivity index (χ2n) is 6.00. The summed E-state index contributed by atoms with van der Waals surface area (Å²) in [5, 5.41) is 9.32. The van der Waals surface area contributed by atoms with Crippen LogP contribution in [0.1, 0.15) is 32.1 Å². The summed E-state index contributed by atoms with van der Waals surface area (Å²) in [5.74, 6) is 1.14. The van der Waals surface area contributed by atoms with Gasteiger partial charge in [0.05, 0.1) is 0 Å². The van der Waals surface area contributed by atoms with Crippen molar-refractivity contribution in [2.24, 2.45) is 5.92 Å². The third-order valence-electron chi connectivity index (χ3n) is 4.90. The minimum atomic E-state index is -0.870. The highest BCUT2D eigenvalue weighted by Crippen LogP contribution is 2.37. The lowest BCUT2D eigenvalue weighted by Crippen LogP contribution is -2.58. The Labute approximate surface area is 123 Å². The molecule has 20 heavy (non-hydrogen) atoms. The maximum atomic E-state index is 12.8. The number of aliphatic carboxylic acids is 1. The molecule has 2 heterocycles. The predicted molar refractivity (Wildman–Crippen MR) is 77.9 cm³/mol. The fourth-order valence-corrected chi connectivity index (χ4v) is 4.93. The Morgan fingerprint density at radius 3 is 2.65 bits per heavy atom. The number of piperidine rings is 1. The lowest BCUT2D eigenvalue weighted by atomic mass is 9.92. The van der Waals surface area contributed by atoms with E-state index >= 15 is 0 Å². The molecule has 2 aliphatic heterocycles. The van der Waals surface area contributed by atoms with E-state index in [4.69, 9.17) is 0 Å². The topological polar surface area (TPSA) is 60.9 Å². The van der Waals surface area contributed by atoms with Crippen LogP contribution in [-0.2, 0) is 4.79 Å². The van der Waals surface area contributed by atoms with Gasteiger partial charge in [0.2, 0.25) is 0 Å². The first-order valence-corrected chi connectivity index (χ1v) is 8.71. The molecule has 3 atom stereocenters. The molecule has 0 bridgehead atoms. The van der Waals surface area contributed by atoms with E-state index in [-0.39, 0.29) is 6.03 Å². The Balaban J connectivity index is 1.74. The number of carbonyl (C=O) groups is 2. The standard InChI is InChI=1S/C14H22N2O3S/c17-13(18)12-9-20-8-7-16(12)14(19)15-6-2-4-10-3-1-5-11(10)15/h10-12H,1-9H2,(H,17,18). The molecule has 1 saturated carbocycles. The predicted octanol–water partition coefficient (Wildman–Crippen LogP) is 1.87. The van der Waals surface area contributed by atoms with Crippen molar-refractivity contribution in [3.8, 4) is 0 Å². The number of amides is 2. The van der Waals surface area contributed by atoms with Gasteiger partial charge in [-0.25, -0.2) is 9.59 Å². The van der Waals surface area contributed by atoms with Gasteiger partial charge in [-0.1, -0.05) is 6.42 Å². The van der Waals surface area contributed by atoms with Crippen LogP contribution in [0, 0.1) is 5.92 Å². The highest BCUT2D eigenvalue weighted by atomic mass is 32.2. The molecule has 3 rings (SSSR count). The summed E-state index contributed by atoms with van der Waals surface area (Å²) in [6.07, 6.45) is 5.82. The maximum Gasteiger partial charge on any atom is 0.327 e. The van der Waals surface area contributed by atoms with E-state index in [9.17, 15) is 14.7 Å². The average Bonchev–Trinajstić information content (AvgIpc) is 2.94. The van der Waals surface area contributed by atoms with Crippen LogP contribution >= 0.6 is 11.8 Å². The number of carboxylic acid groups (broad SMARTS) is 1. The first-order chi connectivity index (χ1) is 9.68. The number of urea groups is 1. The van der Waals surface area contributed by atoms with Crippen molar-refractivity contribution < 1.29 is 14.7 Å². The lowest BCUT2D eigenvalue weighted by Gasteiger charge is -2.43. The van der Waals surface area contributed by atoms with Crippen LogP contribution in [0.2, 0.25) is 0 Å². The van der Waals surface area contributed by atoms with E-state index < -0.39 is 12.0 Å². The van der Waals surface area contributed by atoms with Crippen molar-refractivity contribution in [3.63, 3.8) is 0 Å². The average molecular weight is 298 g/mol. The summed E-state index contributed by atoms with van der Waals surface area (Å²) in [4.78, 5) is 27.7. The molecular formula is C14H22N2O3S. The van der Waals surface area contributed by atoms with E-state index in [1.165, 1.54) is 19.3 Å². The molecule has 3 fully saturated rings. The Hall–Kier alpha value is -0.910. The first-order valence-electron chi connectivity index (χ1n) is 7.56. The molecule has 5 nitrogen and oxygen atoms in total. The molecular weight excluding hydrogens is 276 g/mol. The summed E-state index contributed by atoms with van der Waals surface area (Å²) >= 11 is 1.63. The molecule has 3 aliphatic rings. The molecule has 0 aromatic carbocycles. The molecule has 0 radical (unpaired) electrons. The van der Waals surface area contributed by atoms with Crippen LogP contribution in [0.4, 0.5) is 4.79 Å². The molecule has 6 heteroatoms. The SMILES string of the molecule is O=C(O)C1CSCCN1C(=O)N1CCCC2CCCC21. The Bertz CT molecular complexity index is 404. The summed E-state index contributed by atoms with van der Waals surface area (Å²) < 4.78 is 0. The van der Waals surface area contributed by atoms with E-state index in [1.54, 1.807) is 16.7 Å². The summed E-state index contributed by atoms with van der Waals surface area (Å²) in [6.45, 7) is 1.37. The molecule has 1 aliphatic carbocycles. The molecule has 0 aromatic heterocycles. The van der Waals surface area contributed by atoms with Crippen LogP contribution in [0.3, 0.4) is 0 Å². The van der Waals surface area contributed by atoms with Gasteiger partial charge in [0.25, 0.3) is 0 Å². The quantitative estimate of drug-likeness (QED) is 0.803. The van der Waals surface area contributed by atoms with Crippen LogP contribution in [0.15, 0.2) is 0 Å². The molecule has 112 valence electrons. The van der Waals surface area contributed by atoms with E-state index in [2.05, 4.69) is 0 Å². The normalized spacial score (nSPS) is 33.9. The molecule has 3 unspecified atom stereocenters. The van der Waals surface area contributed by atoms with Gasteiger partial charge >= 0.3 is 12.0 Å². The minimum absolute atomic E-state index is 0.0331. The van der Waals surface area contributed by atoms with Crippen molar-refractivity contribution in [1.29, 1.82) is 0 Å². The number of hydrogen-bond donors (Lipinski definition) is 1. The molecule has 1 N–H and O–H groups in total. The minimum Gasteiger partial charge on any atom is -0.480 e. The monoisotopic (exact) mass is 298 g/mol. The third kappa shape index (κ3) is 2.50. The molecule has 0 spiro atoms. The number of thioether (sulfide) groups is 1. The number of carboxylic acids is 1. The fourth-order valence-electron chi connectivity index (χ4n) is 3.89. The zero-order chi connectivity index (χ0) is 14.1. The van der Waals surface area contributed by atoms with E-state index in [0.717, 1.165) is 25.1 Å². The smallest absolute Gasteiger partial charge is 0.327 e. The maximum absolute atomic E-state index is 12.8. The zero-order valence-electron chi connectivity index (χ0n) is 11.7. The highest BCUT2D eigenvalue weighted by Gasteiger charge is 2.41. The Morgan fingerprint density at radius 1 is 1.05 bits per heavy atom.